The lowest BCUT2D eigenvalue weighted by atomic mass is 10.1. The normalized spacial score (nSPS) is 10.9. The monoisotopic (exact) mass is 349 g/mol. The highest BCUT2D eigenvalue weighted by Crippen LogP contribution is 2.37. The summed E-state index contributed by atoms with van der Waals surface area (Å²) in [5.74, 6) is -0.824. The van der Waals surface area contributed by atoms with E-state index in [1.54, 1.807) is 23.9 Å². The molecule has 0 fully saturated rings. The summed E-state index contributed by atoms with van der Waals surface area (Å²) >= 11 is 7.88. The van der Waals surface area contributed by atoms with Gasteiger partial charge in [0.1, 0.15) is 16.5 Å². The van der Waals surface area contributed by atoms with Crippen LogP contribution >= 0.6 is 23.4 Å². The van der Waals surface area contributed by atoms with E-state index in [0.717, 1.165) is 15.8 Å². The quantitative estimate of drug-likeness (QED) is 0.691. The Bertz CT molecular complexity index is 860. The van der Waals surface area contributed by atoms with Crippen LogP contribution in [0.25, 0.3) is 22.2 Å². The Labute approximate surface area is 141 Å². The molecule has 0 saturated carbocycles. The number of hydrogen-bond acceptors (Lipinski definition) is 5. The maximum absolute atomic E-state index is 10.6. The first-order chi connectivity index (χ1) is 11.1. The average Bonchev–Trinajstić information content (AvgIpc) is 2.99. The molecule has 118 valence electrons. The summed E-state index contributed by atoms with van der Waals surface area (Å²) in [6.45, 7) is -0.470. The second kappa shape index (κ2) is 6.52. The Morgan fingerprint density at radius 1 is 1.30 bits per heavy atom. The van der Waals surface area contributed by atoms with E-state index >= 15 is 0 Å². The van der Waals surface area contributed by atoms with E-state index < -0.39 is 12.6 Å². The zero-order valence-corrected chi connectivity index (χ0v) is 13.6. The molecule has 2 aromatic carbocycles. The van der Waals surface area contributed by atoms with Crippen LogP contribution in [-0.2, 0) is 4.79 Å². The molecule has 7 heteroatoms. The number of aliphatic carboxylic acids is 1. The number of thioether (sulfide) groups is 1. The largest absolute Gasteiger partial charge is 0.480 e. The van der Waals surface area contributed by atoms with Crippen molar-refractivity contribution >= 4 is 40.3 Å². The van der Waals surface area contributed by atoms with E-state index in [1.807, 2.05) is 30.5 Å². The molecule has 0 saturated heterocycles. The highest BCUT2D eigenvalue weighted by atomic mass is 35.5. The number of rotatable bonds is 5. The van der Waals surface area contributed by atoms with Crippen molar-refractivity contribution in [2.75, 3.05) is 12.9 Å². The maximum atomic E-state index is 10.6. The molecular formula is C16H12ClNO4S. The maximum Gasteiger partial charge on any atom is 0.341 e. The number of fused-ring (bicyclic) bond motifs is 1. The third kappa shape index (κ3) is 3.13. The van der Waals surface area contributed by atoms with Crippen molar-refractivity contribution in [1.29, 1.82) is 0 Å². The zero-order chi connectivity index (χ0) is 16.4. The van der Waals surface area contributed by atoms with Crippen molar-refractivity contribution < 1.29 is 19.2 Å². The second-order valence-corrected chi connectivity index (χ2v) is 5.95. The summed E-state index contributed by atoms with van der Waals surface area (Å²) in [7, 11) is 0. The highest BCUT2D eigenvalue weighted by molar-refractivity contribution is 7.98. The third-order valence-electron chi connectivity index (χ3n) is 3.26. The number of carboxylic acids is 1. The lowest BCUT2D eigenvalue weighted by Gasteiger charge is -2.05. The van der Waals surface area contributed by atoms with Gasteiger partial charge in [0, 0.05) is 10.5 Å². The number of nitrogens with zero attached hydrogens (tertiary/aromatic N) is 1. The summed E-state index contributed by atoms with van der Waals surface area (Å²) < 4.78 is 10.5. The molecule has 0 bridgehead atoms. The van der Waals surface area contributed by atoms with Gasteiger partial charge in [0.25, 0.3) is 0 Å². The summed E-state index contributed by atoms with van der Waals surface area (Å²) in [5.41, 5.74) is 1.97. The van der Waals surface area contributed by atoms with Crippen LogP contribution < -0.4 is 4.74 Å². The third-order valence-corrected chi connectivity index (χ3v) is 4.36. The number of ether oxygens (including phenoxy) is 1. The summed E-state index contributed by atoms with van der Waals surface area (Å²) in [6.07, 6.45) is 2.01. The van der Waals surface area contributed by atoms with Gasteiger partial charge in [-0.1, -0.05) is 28.9 Å². The highest BCUT2D eigenvalue weighted by Gasteiger charge is 2.17. The molecule has 0 amide bonds. The number of carbonyl (C=O) groups is 1. The van der Waals surface area contributed by atoms with E-state index in [0.29, 0.717) is 11.3 Å². The Morgan fingerprint density at radius 3 is 2.70 bits per heavy atom. The molecule has 1 heterocycles. The fourth-order valence-electron chi connectivity index (χ4n) is 2.16. The molecule has 0 aliphatic heterocycles. The van der Waals surface area contributed by atoms with Crippen LogP contribution in [0.1, 0.15) is 0 Å². The molecule has 0 aliphatic rings. The minimum Gasteiger partial charge on any atom is -0.480 e. The number of hydrogen-bond donors (Lipinski definition) is 1. The summed E-state index contributed by atoms with van der Waals surface area (Å²) in [6, 6.07) is 11.3. The van der Waals surface area contributed by atoms with Crippen LogP contribution in [0, 0.1) is 0 Å². The predicted octanol–water partition coefficient (Wildman–Crippen LogP) is 4.33. The Kier molecular flexibility index (Phi) is 4.45. The van der Waals surface area contributed by atoms with Gasteiger partial charge in [-0.05, 0) is 30.5 Å². The summed E-state index contributed by atoms with van der Waals surface area (Å²) in [5, 5.41) is 13.7. The second-order valence-electron chi connectivity index (χ2n) is 4.70. The number of halogens is 1. The molecule has 1 N–H and O–H groups in total. The standard InChI is InChI=1S/C16H12ClNO4S/c1-23-10-4-2-9(3-5-10)15-11-6-7-12(21-8-13(19)20)14(17)16(11)22-18-15/h2-7H,8H2,1H3,(H,19,20). The lowest BCUT2D eigenvalue weighted by molar-refractivity contribution is -0.139. The van der Waals surface area contributed by atoms with Crippen molar-refractivity contribution in [1.82, 2.24) is 5.16 Å². The molecule has 23 heavy (non-hydrogen) atoms. The van der Waals surface area contributed by atoms with Gasteiger partial charge in [0.15, 0.2) is 12.2 Å². The molecule has 0 spiro atoms. The molecule has 5 nitrogen and oxygen atoms in total. The molecule has 0 aliphatic carbocycles. The summed E-state index contributed by atoms with van der Waals surface area (Å²) in [4.78, 5) is 11.7. The number of benzene rings is 2. The topological polar surface area (TPSA) is 72.6 Å². The first kappa shape index (κ1) is 15.7. The number of carboxylic acid groups (broad SMARTS) is 1. The molecule has 3 rings (SSSR count). The van der Waals surface area contributed by atoms with Crippen LogP contribution in [0.2, 0.25) is 5.02 Å². The van der Waals surface area contributed by atoms with Gasteiger partial charge in [-0.25, -0.2) is 4.79 Å². The molecule has 3 aromatic rings. The van der Waals surface area contributed by atoms with Crippen molar-refractivity contribution in [3.63, 3.8) is 0 Å². The first-order valence-electron chi connectivity index (χ1n) is 6.67. The fourth-order valence-corrected chi connectivity index (χ4v) is 2.82. The van der Waals surface area contributed by atoms with E-state index in [-0.39, 0.29) is 10.8 Å². The minimum atomic E-state index is -1.08. The van der Waals surface area contributed by atoms with Gasteiger partial charge < -0.3 is 14.4 Å². The van der Waals surface area contributed by atoms with Gasteiger partial charge in [0.2, 0.25) is 0 Å². The van der Waals surface area contributed by atoms with E-state index in [9.17, 15) is 4.79 Å². The average molecular weight is 350 g/mol. The van der Waals surface area contributed by atoms with Crippen LogP contribution in [0.15, 0.2) is 45.8 Å². The SMILES string of the molecule is CSc1ccc(-c2noc3c(Cl)c(OCC(=O)O)ccc23)cc1. The van der Waals surface area contributed by atoms with Crippen LogP contribution in [0.5, 0.6) is 5.75 Å². The van der Waals surface area contributed by atoms with Gasteiger partial charge in [-0.2, -0.15) is 0 Å². The number of aromatic nitrogens is 1. The molecule has 0 unspecified atom stereocenters. The minimum absolute atomic E-state index is 0.211. The Morgan fingerprint density at radius 2 is 2.04 bits per heavy atom. The molecular weight excluding hydrogens is 338 g/mol. The van der Waals surface area contributed by atoms with Crippen LogP contribution in [-0.4, -0.2) is 29.1 Å². The van der Waals surface area contributed by atoms with Crippen molar-refractivity contribution in [3.8, 4) is 17.0 Å². The molecule has 0 radical (unpaired) electrons. The van der Waals surface area contributed by atoms with Crippen molar-refractivity contribution in [2.45, 2.75) is 4.90 Å². The Balaban J connectivity index is 2.00. The fraction of sp³-hybridized carbons (Fsp3) is 0.125. The first-order valence-corrected chi connectivity index (χ1v) is 8.27. The van der Waals surface area contributed by atoms with Crippen molar-refractivity contribution in [2.24, 2.45) is 0 Å². The van der Waals surface area contributed by atoms with Crippen molar-refractivity contribution in [3.05, 3.63) is 41.4 Å². The molecule has 1 aromatic heterocycles. The van der Waals surface area contributed by atoms with E-state index in [2.05, 4.69) is 5.16 Å². The van der Waals surface area contributed by atoms with E-state index in [4.69, 9.17) is 26.0 Å². The van der Waals surface area contributed by atoms with Gasteiger partial charge in [-0.3, -0.25) is 0 Å². The predicted molar refractivity (Wildman–Crippen MR) is 89.4 cm³/mol. The van der Waals surface area contributed by atoms with E-state index in [1.165, 1.54) is 0 Å². The van der Waals surface area contributed by atoms with Crippen LogP contribution in [0.4, 0.5) is 0 Å². The smallest absolute Gasteiger partial charge is 0.341 e. The van der Waals surface area contributed by atoms with Gasteiger partial charge >= 0.3 is 5.97 Å². The van der Waals surface area contributed by atoms with Gasteiger partial charge in [-0.15, -0.1) is 11.8 Å². The Hall–Kier alpha value is -2.18. The van der Waals surface area contributed by atoms with Gasteiger partial charge in [0.05, 0.1) is 5.39 Å². The van der Waals surface area contributed by atoms with Crippen LogP contribution in [0.3, 0.4) is 0 Å². The zero-order valence-electron chi connectivity index (χ0n) is 12.1. The lowest BCUT2D eigenvalue weighted by Crippen LogP contribution is -2.09. The molecule has 0 atom stereocenters.